The summed E-state index contributed by atoms with van der Waals surface area (Å²) in [7, 11) is 0. The highest BCUT2D eigenvalue weighted by Gasteiger charge is 2.17. The van der Waals surface area contributed by atoms with Crippen LogP contribution in [-0.2, 0) is 4.79 Å². The van der Waals surface area contributed by atoms with E-state index < -0.39 is 0 Å². The minimum Gasteiger partial charge on any atom is -0.348 e. The largest absolute Gasteiger partial charge is 0.348 e. The smallest absolute Gasteiger partial charge is 0.234 e. The summed E-state index contributed by atoms with van der Waals surface area (Å²) in [6.07, 6.45) is 1.14. The number of halogens is 1. The van der Waals surface area contributed by atoms with E-state index in [1.807, 2.05) is 0 Å². The molecule has 1 aromatic rings. The van der Waals surface area contributed by atoms with Crippen molar-refractivity contribution in [3.05, 3.63) is 35.4 Å². The molecule has 2 atom stereocenters. The Bertz CT molecular complexity index is 403. The van der Waals surface area contributed by atoms with Gasteiger partial charge in [-0.2, -0.15) is 0 Å². The number of nitrogens with one attached hydrogen (secondary N) is 1. The molecule has 0 fully saturated rings. The first-order valence-corrected chi connectivity index (χ1v) is 7.08. The summed E-state index contributed by atoms with van der Waals surface area (Å²) < 4.78 is 0. The Balaban J connectivity index is 0.00000361. The minimum atomic E-state index is -0.107. The van der Waals surface area contributed by atoms with E-state index >= 15 is 0 Å². The van der Waals surface area contributed by atoms with E-state index in [0.29, 0.717) is 11.8 Å². The van der Waals surface area contributed by atoms with Gasteiger partial charge in [-0.05, 0) is 29.4 Å². The summed E-state index contributed by atoms with van der Waals surface area (Å²) in [6.45, 7) is 8.66. The second-order valence-electron chi connectivity index (χ2n) is 5.47. The fourth-order valence-corrected chi connectivity index (χ4v) is 2.13. The lowest BCUT2D eigenvalue weighted by atomic mass is 9.92. The van der Waals surface area contributed by atoms with E-state index in [9.17, 15) is 4.79 Å². The SMILES string of the molecule is CCC(C)c1ccc(C(NC(=O)CN)C(C)C)cc1.Cl. The Morgan fingerprint density at radius 1 is 1.15 bits per heavy atom. The van der Waals surface area contributed by atoms with Crippen LogP contribution in [0.1, 0.15) is 57.2 Å². The van der Waals surface area contributed by atoms with Gasteiger partial charge in [0, 0.05) is 0 Å². The van der Waals surface area contributed by atoms with Crippen molar-refractivity contribution in [1.29, 1.82) is 0 Å². The summed E-state index contributed by atoms with van der Waals surface area (Å²) in [5.74, 6) is 0.805. The molecule has 3 nitrogen and oxygen atoms in total. The van der Waals surface area contributed by atoms with Crippen LogP contribution in [0.3, 0.4) is 0 Å². The zero-order valence-corrected chi connectivity index (χ0v) is 13.7. The molecule has 0 bridgehead atoms. The van der Waals surface area contributed by atoms with Gasteiger partial charge in [-0.15, -0.1) is 12.4 Å². The lowest BCUT2D eigenvalue weighted by Gasteiger charge is -2.23. The molecule has 4 heteroatoms. The zero-order chi connectivity index (χ0) is 14.4. The summed E-state index contributed by atoms with van der Waals surface area (Å²) >= 11 is 0. The number of carbonyl (C=O) groups is 1. The molecule has 0 aliphatic rings. The molecular formula is C16H27ClN2O. The van der Waals surface area contributed by atoms with Gasteiger partial charge in [0.2, 0.25) is 5.91 Å². The average Bonchev–Trinajstić information content (AvgIpc) is 2.43. The molecule has 0 radical (unpaired) electrons. The van der Waals surface area contributed by atoms with Crippen LogP contribution in [-0.4, -0.2) is 12.5 Å². The summed E-state index contributed by atoms with van der Waals surface area (Å²) in [5.41, 5.74) is 7.86. The molecular weight excluding hydrogens is 272 g/mol. The number of hydrogen-bond acceptors (Lipinski definition) is 2. The van der Waals surface area contributed by atoms with Crippen LogP contribution in [0.25, 0.3) is 0 Å². The van der Waals surface area contributed by atoms with Crippen LogP contribution in [0, 0.1) is 5.92 Å². The monoisotopic (exact) mass is 298 g/mol. The highest BCUT2D eigenvalue weighted by atomic mass is 35.5. The van der Waals surface area contributed by atoms with Crippen LogP contribution >= 0.6 is 12.4 Å². The normalized spacial score (nSPS) is 13.5. The molecule has 1 aromatic carbocycles. The predicted octanol–water partition coefficient (Wildman–Crippen LogP) is 3.39. The topological polar surface area (TPSA) is 55.1 Å². The van der Waals surface area contributed by atoms with Crippen molar-refractivity contribution >= 4 is 18.3 Å². The maximum Gasteiger partial charge on any atom is 0.234 e. The van der Waals surface area contributed by atoms with Crippen molar-refractivity contribution in [3.63, 3.8) is 0 Å². The van der Waals surface area contributed by atoms with Crippen molar-refractivity contribution in [3.8, 4) is 0 Å². The number of benzene rings is 1. The van der Waals surface area contributed by atoms with Gasteiger partial charge >= 0.3 is 0 Å². The Morgan fingerprint density at radius 2 is 1.65 bits per heavy atom. The van der Waals surface area contributed by atoms with Gasteiger partial charge in [-0.1, -0.05) is 52.0 Å². The molecule has 1 rings (SSSR count). The number of carbonyl (C=O) groups excluding carboxylic acids is 1. The quantitative estimate of drug-likeness (QED) is 0.846. The molecule has 1 amide bonds. The Labute approximate surface area is 128 Å². The minimum absolute atomic E-state index is 0. The van der Waals surface area contributed by atoms with Crippen LogP contribution in [0.15, 0.2) is 24.3 Å². The van der Waals surface area contributed by atoms with Gasteiger partial charge in [0.15, 0.2) is 0 Å². The molecule has 2 unspecified atom stereocenters. The number of nitrogens with two attached hydrogens (primary N) is 1. The van der Waals surface area contributed by atoms with E-state index in [-0.39, 0.29) is 30.9 Å². The maximum atomic E-state index is 11.5. The second kappa shape index (κ2) is 8.98. The number of rotatable bonds is 6. The molecule has 3 N–H and O–H groups in total. The highest BCUT2D eigenvalue weighted by molar-refractivity contribution is 5.85. The first-order valence-electron chi connectivity index (χ1n) is 7.08. The fourth-order valence-electron chi connectivity index (χ4n) is 2.13. The lowest BCUT2D eigenvalue weighted by molar-refractivity contribution is -0.120. The summed E-state index contributed by atoms with van der Waals surface area (Å²) in [6, 6.07) is 8.58. The van der Waals surface area contributed by atoms with Crippen LogP contribution in [0.5, 0.6) is 0 Å². The molecule has 0 aliphatic carbocycles. The fraction of sp³-hybridized carbons (Fsp3) is 0.562. The second-order valence-corrected chi connectivity index (χ2v) is 5.47. The van der Waals surface area contributed by atoms with Crippen molar-refractivity contribution < 1.29 is 4.79 Å². The highest BCUT2D eigenvalue weighted by Crippen LogP contribution is 2.25. The van der Waals surface area contributed by atoms with Gasteiger partial charge in [-0.25, -0.2) is 0 Å². The molecule has 0 saturated heterocycles. The van der Waals surface area contributed by atoms with Gasteiger partial charge in [0.05, 0.1) is 12.6 Å². The van der Waals surface area contributed by atoms with Crippen molar-refractivity contribution in [2.24, 2.45) is 11.7 Å². The van der Waals surface area contributed by atoms with E-state index in [2.05, 4.69) is 57.3 Å². The van der Waals surface area contributed by atoms with E-state index in [1.165, 1.54) is 5.56 Å². The summed E-state index contributed by atoms with van der Waals surface area (Å²) in [5, 5.41) is 2.98. The Kier molecular flexibility index (Phi) is 8.51. The Hall–Kier alpha value is -1.06. The van der Waals surface area contributed by atoms with Gasteiger partial charge in [0.25, 0.3) is 0 Å². The predicted molar refractivity (Wildman–Crippen MR) is 87.2 cm³/mol. The molecule has 0 aromatic heterocycles. The molecule has 20 heavy (non-hydrogen) atoms. The molecule has 0 spiro atoms. The van der Waals surface area contributed by atoms with E-state index in [1.54, 1.807) is 0 Å². The van der Waals surface area contributed by atoms with Crippen LogP contribution < -0.4 is 11.1 Å². The first kappa shape index (κ1) is 18.9. The van der Waals surface area contributed by atoms with Gasteiger partial charge in [-0.3, -0.25) is 4.79 Å². The standard InChI is InChI=1S/C16H26N2O.ClH/c1-5-12(4)13-6-8-14(9-7-13)16(11(2)3)18-15(19)10-17;/h6-9,11-12,16H,5,10,17H2,1-4H3,(H,18,19);1H. The van der Waals surface area contributed by atoms with Crippen LogP contribution in [0.4, 0.5) is 0 Å². The average molecular weight is 299 g/mol. The van der Waals surface area contributed by atoms with Gasteiger partial charge in [0.1, 0.15) is 0 Å². The van der Waals surface area contributed by atoms with E-state index in [4.69, 9.17) is 5.73 Å². The van der Waals surface area contributed by atoms with Crippen molar-refractivity contribution in [2.75, 3.05) is 6.54 Å². The summed E-state index contributed by atoms with van der Waals surface area (Å²) in [4.78, 5) is 11.5. The third-order valence-electron chi connectivity index (χ3n) is 3.65. The Morgan fingerprint density at radius 3 is 2.05 bits per heavy atom. The van der Waals surface area contributed by atoms with Gasteiger partial charge < -0.3 is 11.1 Å². The first-order chi connectivity index (χ1) is 8.99. The van der Waals surface area contributed by atoms with Crippen molar-refractivity contribution in [2.45, 2.75) is 46.1 Å². The molecule has 0 heterocycles. The van der Waals surface area contributed by atoms with E-state index in [0.717, 1.165) is 12.0 Å². The number of amides is 1. The number of hydrogen-bond donors (Lipinski definition) is 2. The molecule has 0 aliphatic heterocycles. The maximum absolute atomic E-state index is 11.5. The molecule has 114 valence electrons. The van der Waals surface area contributed by atoms with Crippen molar-refractivity contribution in [1.82, 2.24) is 5.32 Å². The lowest BCUT2D eigenvalue weighted by Crippen LogP contribution is -2.36. The zero-order valence-electron chi connectivity index (χ0n) is 12.8. The third kappa shape index (κ3) is 5.14. The van der Waals surface area contributed by atoms with Crippen LogP contribution in [0.2, 0.25) is 0 Å². The third-order valence-corrected chi connectivity index (χ3v) is 3.65. The molecule has 0 saturated carbocycles.